The smallest absolute Gasteiger partial charge is 0.0550 e. The highest BCUT2D eigenvalue weighted by molar-refractivity contribution is 8.93. The van der Waals surface area contributed by atoms with Gasteiger partial charge in [0.2, 0.25) is 0 Å². The van der Waals surface area contributed by atoms with Gasteiger partial charge in [0, 0.05) is 13.2 Å². The van der Waals surface area contributed by atoms with Crippen LogP contribution in [0.25, 0.3) is 0 Å². The molecule has 0 aliphatic carbocycles. The summed E-state index contributed by atoms with van der Waals surface area (Å²) in [5.41, 5.74) is 2.77. The highest BCUT2D eigenvalue weighted by Gasteiger charge is 2.02. The van der Waals surface area contributed by atoms with Crippen LogP contribution in [0.5, 0.6) is 0 Å². The van der Waals surface area contributed by atoms with E-state index < -0.39 is 0 Å². The Morgan fingerprint density at radius 3 is 2.12 bits per heavy atom. The van der Waals surface area contributed by atoms with Crippen LogP contribution >= 0.6 is 17.0 Å². The first-order chi connectivity index (χ1) is 12.3. The van der Waals surface area contributed by atoms with E-state index in [9.17, 15) is 0 Å². The third-order valence-electron chi connectivity index (χ3n) is 4.50. The molecule has 0 radical (unpaired) electrons. The molecule has 0 spiro atoms. The van der Waals surface area contributed by atoms with Crippen molar-refractivity contribution in [2.75, 3.05) is 13.2 Å². The Bertz CT molecular complexity index is 547. The van der Waals surface area contributed by atoms with Crippen molar-refractivity contribution in [3.05, 3.63) is 71.8 Å². The molecule has 0 saturated carbocycles. The van der Waals surface area contributed by atoms with Gasteiger partial charge in [0.15, 0.2) is 0 Å². The van der Waals surface area contributed by atoms with E-state index in [0.717, 1.165) is 32.5 Å². The minimum Gasteiger partial charge on any atom is -0.378 e. The van der Waals surface area contributed by atoms with Crippen molar-refractivity contribution in [1.82, 2.24) is 5.32 Å². The molecule has 144 valence electrons. The van der Waals surface area contributed by atoms with Crippen molar-refractivity contribution in [3.8, 4) is 0 Å². The van der Waals surface area contributed by atoms with Crippen LogP contribution in [-0.4, -0.2) is 19.3 Å². The molecule has 0 saturated heterocycles. The maximum Gasteiger partial charge on any atom is 0.0550 e. The van der Waals surface area contributed by atoms with Gasteiger partial charge in [-0.3, -0.25) is 0 Å². The van der Waals surface area contributed by atoms with Gasteiger partial charge in [0.05, 0.1) is 6.10 Å². The van der Waals surface area contributed by atoms with Crippen molar-refractivity contribution in [3.63, 3.8) is 0 Å². The van der Waals surface area contributed by atoms with Crippen LogP contribution in [0.2, 0.25) is 0 Å². The van der Waals surface area contributed by atoms with E-state index in [2.05, 4.69) is 72.9 Å². The Hall–Kier alpha value is -1.16. The summed E-state index contributed by atoms with van der Waals surface area (Å²) in [4.78, 5) is 0. The van der Waals surface area contributed by atoms with Gasteiger partial charge in [-0.2, -0.15) is 0 Å². The number of aryl methyl sites for hydroxylation is 1. The van der Waals surface area contributed by atoms with Crippen molar-refractivity contribution in [1.29, 1.82) is 0 Å². The summed E-state index contributed by atoms with van der Waals surface area (Å²) < 4.78 is 5.93. The maximum atomic E-state index is 5.93. The summed E-state index contributed by atoms with van der Waals surface area (Å²) in [6, 6.07) is 21.3. The minimum absolute atomic E-state index is 0. The molecule has 1 atom stereocenters. The molecule has 1 unspecified atom stereocenters. The molecule has 2 aromatic rings. The third kappa shape index (κ3) is 10.7. The Kier molecular flexibility index (Phi) is 13.2. The van der Waals surface area contributed by atoms with Crippen LogP contribution in [0.3, 0.4) is 0 Å². The normalized spacial score (nSPS) is 11.7. The van der Waals surface area contributed by atoms with Crippen LogP contribution in [0.15, 0.2) is 60.7 Å². The second-order valence-electron chi connectivity index (χ2n) is 6.78. The second kappa shape index (κ2) is 15.0. The van der Waals surface area contributed by atoms with E-state index in [0.29, 0.717) is 6.10 Å². The van der Waals surface area contributed by atoms with E-state index in [1.807, 2.05) is 0 Å². The van der Waals surface area contributed by atoms with Gasteiger partial charge in [-0.15, -0.1) is 17.0 Å². The first-order valence-electron chi connectivity index (χ1n) is 9.75. The van der Waals surface area contributed by atoms with Gasteiger partial charge in [0.1, 0.15) is 0 Å². The van der Waals surface area contributed by atoms with Gasteiger partial charge < -0.3 is 10.1 Å². The first kappa shape index (κ1) is 22.9. The second-order valence-corrected chi connectivity index (χ2v) is 6.78. The third-order valence-corrected chi connectivity index (χ3v) is 4.50. The van der Waals surface area contributed by atoms with Crippen LogP contribution in [0.1, 0.15) is 50.2 Å². The van der Waals surface area contributed by atoms with Gasteiger partial charge in [-0.05, 0) is 50.3 Å². The summed E-state index contributed by atoms with van der Waals surface area (Å²) in [5.74, 6) is 0. The van der Waals surface area contributed by atoms with E-state index in [-0.39, 0.29) is 17.0 Å². The average Bonchev–Trinajstić information content (AvgIpc) is 2.66. The number of hydrogen-bond acceptors (Lipinski definition) is 2. The Labute approximate surface area is 170 Å². The van der Waals surface area contributed by atoms with E-state index >= 15 is 0 Å². The minimum atomic E-state index is 0. The highest BCUT2D eigenvalue weighted by atomic mass is 79.9. The molecule has 0 aromatic heterocycles. The number of nitrogens with one attached hydrogen (secondary N) is 1. The summed E-state index contributed by atoms with van der Waals surface area (Å²) >= 11 is 0. The fourth-order valence-corrected chi connectivity index (χ4v) is 2.92. The largest absolute Gasteiger partial charge is 0.378 e. The van der Waals surface area contributed by atoms with Crippen molar-refractivity contribution in [2.45, 2.75) is 58.1 Å². The standard InChI is InChI=1S/C23H33NO.BrH/c1-21(16-17-22-12-6-4-7-13-22)25-19-11-3-2-10-18-24-20-23-14-8-5-9-15-23;/h4-9,12-15,21,24H,2-3,10-11,16-20H2,1H3;1H. The molecule has 2 nitrogen and oxygen atoms in total. The zero-order valence-corrected chi connectivity index (χ0v) is 17.7. The number of halogens is 1. The fraction of sp³-hybridized carbons (Fsp3) is 0.478. The fourth-order valence-electron chi connectivity index (χ4n) is 2.92. The molecule has 0 heterocycles. The molecule has 0 aliphatic rings. The lowest BCUT2D eigenvalue weighted by atomic mass is 10.1. The van der Waals surface area contributed by atoms with Crippen LogP contribution in [0.4, 0.5) is 0 Å². The zero-order valence-electron chi connectivity index (χ0n) is 16.0. The molecule has 0 amide bonds. The SMILES string of the molecule is Br.CC(CCc1ccccc1)OCCCCCCNCc1ccccc1. The molecular weight excluding hydrogens is 386 g/mol. The molecule has 26 heavy (non-hydrogen) atoms. The topological polar surface area (TPSA) is 21.3 Å². The maximum absolute atomic E-state index is 5.93. The van der Waals surface area contributed by atoms with E-state index in [4.69, 9.17) is 4.74 Å². The lowest BCUT2D eigenvalue weighted by molar-refractivity contribution is 0.0577. The van der Waals surface area contributed by atoms with Gasteiger partial charge in [0.25, 0.3) is 0 Å². The summed E-state index contributed by atoms with van der Waals surface area (Å²) in [5, 5.41) is 3.51. The Balaban J connectivity index is 0.00000338. The number of benzene rings is 2. The van der Waals surface area contributed by atoms with Crippen LogP contribution in [-0.2, 0) is 17.7 Å². The zero-order chi connectivity index (χ0) is 17.6. The first-order valence-corrected chi connectivity index (χ1v) is 9.75. The van der Waals surface area contributed by atoms with Crippen LogP contribution in [0, 0.1) is 0 Å². The highest BCUT2D eigenvalue weighted by Crippen LogP contribution is 2.08. The molecule has 0 aliphatic heterocycles. The average molecular weight is 420 g/mol. The molecule has 3 heteroatoms. The molecule has 1 N–H and O–H groups in total. The Morgan fingerprint density at radius 2 is 1.42 bits per heavy atom. The molecule has 2 aromatic carbocycles. The molecule has 2 rings (SSSR count). The van der Waals surface area contributed by atoms with E-state index in [1.54, 1.807) is 0 Å². The van der Waals surface area contributed by atoms with Gasteiger partial charge in [-0.25, -0.2) is 0 Å². The Morgan fingerprint density at radius 1 is 0.808 bits per heavy atom. The van der Waals surface area contributed by atoms with Crippen molar-refractivity contribution in [2.24, 2.45) is 0 Å². The summed E-state index contributed by atoms with van der Waals surface area (Å²) in [6.45, 7) is 5.16. The lowest BCUT2D eigenvalue weighted by Gasteiger charge is -2.13. The number of rotatable bonds is 13. The lowest BCUT2D eigenvalue weighted by Crippen LogP contribution is -2.14. The molecular formula is C23H34BrNO. The monoisotopic (exact) mass is 419 g/mol. The predicted octanol–water partition coefficient (Wildman–Crippen LogP) is 5.95. The number of unbranched alkanes of at least 4 members (excludes halogenated alkanes) is 3. The number of hydrogen-bond donors (Lipinski definition) is 1. The number of ether oxygens (including phenoxy) is 1. The van der Waals surface area contributed by atoms with E-state index in [1.165, 1.54) is 36.8 Å². The quantitative estimate of drug-likeness (QED) is 0.404. The van der Waals surface area contributed by atoms with Crippen molar-refractivity contribution < 1.29 is 4.74 Å². The predicted molar refractivity (Wildman–Crippen MR) is 117 cm³/mol. The summed E-state index contributed by atoms with van der Waals surface area (Å²) in [6.07, 6.45) is 7.53. The summed E-state index contributed by atoms with van der Waals surface area (Å²) in [7, 11) is 0. The van der Waals surface area contributed by atoms with Gasteiger partial charge >= 0.3 is 0 Å². The van der Waals surface area contributed by atoms with Crippen LogP contribution < -0.4 is 5.32 Å². The molecule has 0 bridgehead atoms. The van der Waals surface area contributed by atoms with Gasteiger partial charge in [-0.1, -0.05) is 73.5 Å². The van der Waals surface area contributed by atoms with Crippen molar-refractivity contribution >= 4 is 17.0 Å². The molecule has 0 fully saturated rings.